The minimum atomic E-state index is 0.827. The lowest BCUT2D eigenvalue weighted by molar-refractivity contribution is 0.414. The minimum absolute atomic E-state index is 0.827. The summed E-state index contributed by atoms with van der Waals surface area (Å²) in [5.41, 5.74) is 4.32. The second-order valence-electron chi connectivity index (χ2n) is 5.60. The van der Waals surface area contributed by atoms with Crippen LogP contribution in [0.2, 0.25) is 0 Å². The highest BCUT2D eigenvalue weighted by molar-refractivity contribution is 7.98. The van der Waals surface area contributed by atoms with Gasteiger partial charge in [0.25, 0.3) is 0 Å². The van der Waals surface area contributed by atoms with Crippen molar-refractivity contribution in [2.24, 2.45) is 0 Å². The zero-order chi connectivity index (χ0) is 17.1. The van der Waals surface area contributed by atoms with Gasteiger partial charge in [-0.2, -0.15) is 0 Å². The molecule has 5 nitrogen and oxygen atoms in total. The van der Waals surface area contributed by atoms with Gasteiger partial charge >= 0.3 is 0 Å². The van der Waals surface area contributed by atoms with Gasteiger partial charge in [0, 0.05) is 37.7 Å². The van der Waals surface area contributed by atoms with Gasteiger partial charge in [0.15, 0.2) is 5.16 Å². The fraction of sp³-hybridized carbons (Fsp3) is 0.278. The van der Waals surface area contributed by atoms with Gasteiger partial charge in [-0.05, 0) is 23.8 Å². The van der Waals surface area contributed by atoms with E-state index in [2.05, 4.69) is 27.0 Å². The van der Waals surface area contributed by atoms with E-state index in [1.807, 2.05) is 38.4 Å². The standard InChI is InChI=1S/C18H21N3O2S/c1-21(2)17-10-14(23-4)6-5-12(17)11-24-18-19-15-8-7-13(22-3)9-16(15)20-18/h5-10H,11H2,1-4H3,(H,19,20). The zero-order valence-corrected chi connectivity index (χ0v) is 15.1. The summed E-state index contributed by atoms with van der Waals surface area (Å²) >= 11 is 1.68. The third-order valence-electron chi connectivity index (χ3n) is 3.81. The Hall–Kier alpha value is -2.34. The lowest BCUT2D eigenvalue weighted by atomic mass is 10.2. The molecule has 0 radical (unpaired) electrons. The number of aromatic amines is 1. The SMILES string of the molecule is COc1ccc(CSc2nc3ccc(OC)cc3[nH]2)c(N(C)C)c1. The van der Waals surface area contributed by atoms with E-state index in [0.29, 0.717) is 0 Å². The predicted molar refractivity (Wildman–Crippen MR) is 99.5 cm³/mol. The molecule has 3 aromatic rings. The van der Waals surface area contributed by atoms with Crippen LogP contribution in [-0.2, 0) is 5.75 Å². The lowest BCUT2D eigenvalue weighted by Crippen LogP contribution is -2.11. The van der Waals surface area contributed by atoms with E-state index in [1.165, 1.54) is 5.56 Å². The molecular weight excluding hydrogens is 322 g/mol. The van der Waals surface area contributed by atoms with Crippen LogP contribution in [0, 0.1) is 0 Å². The van der Waals surface area contributed by atoms with Crippen molar-refractivity contribution in [3.63, 3.8) is 0 Å². The van der Waals surface area contributed by atoms with Crippen LogP contribution in [0.1, 0.15) is 5.56 Å². The number of ether oxygens (including phenoxy) is 2. The number of nitrogens with zero attached hydrogens (tertiary/aromatic N) is 2. The van der Waals surface area contributed by atoms with Crippen LogP contribution >= 0.6 is 11.8 Å². The Labute approximate surface area is 146 Å². The van der Waals surface area contributed by atoms with Crippen LogP contribution in [0.15, 0.2) is 41.6 Å². The number of fused-ring (bicyclic) bond motifs is 1. The smallest absolute Gasteiger partial charge is 0.166 e. The van der Waals surface area contributed by atoms with Crippen LogP contribution in [0.25, 0.3) is 11.0 Å². The molecule has 3 rings (SSSR count). The molecule has 0 aliphatic heterocycles. The number of imidazole rings is 1. The van der Waals surface area contributed by atoms with Crippen molar-refractivity contribution in [2.45, 2.75) is 10.9 Å². The van der Waals surface area contributed by atoms with Gasteiger partial charge in [0.05, 0.1) is 25.3 Å². The van der Waals surface area contributed by atoms with E-state index in [1.54, 1.807) is 26.0 Å². The third kappa shape index (κ3) is 3.43. The van der Waals surface area contributed by atoms with E-state index in [9.17, 15) is 0 Å². The van der Waals surface area contributed by atoms with Crippen LogP contribution < -0.4 is 14.4 Å². The van der Waals surface area contributed by atoms with E-state index in [4.69, 9.17) is 9.47 Å². The third-order valence-corrected chi connectivity index (χ3v) is 4.73. The largest absolute Gasteiger partial charge is 0.497 e. The maximum Gasteiger partial charge on any atom is 0.166 e. The topological polar surface area (TPSA) is 50.4 Å². The van der Waals surface area contributed by atoms with E-state index in [0.717, 1.165) is 39.1 Å². The molecule has 2 aromatic carbocycles. The first-order valence-corrected chi connectivity index (χ1v) is 8.60. The molecule has 0 aliphatic carbocycles. The molecule has 1 heterocycles. The van der Waals surface area contributed by atoms with Crippen molar-refractivity contribution < 1.29 is 9.47 Å². The van der Waals surface area contributed by atoms with Gasteiger partial charge in [0.2, 0.25) is 0 Å². The van der Waals surface area contributed by atoms with Crippen molar-refractivity contribution in [1.82, 2.24) is 9.97 Å². The fourth-order valence-corrected chi connectivity index (χ4v) is 3.40. The number of methoxy groups -OCH3 is 2. The molecule has 0 atom stereocenters. The molecule has 0 spiro atoms. The van der Waals surface area contributed by atoms with Gasteiger partial charge < -0.3 is 19.4 Å². The number of hydrogen-bond donors (Lipinski definition) is 1. The Morgan fingerprint density at radius 2 is 1.75 bits per heavy atom. The monoisotopic (exact) mass is 343 g/mol. The molecule has 0 aliphatic rings. The molecule has 0 bridgehead atoms. The maximum absolute atomic E-state index is 5.32. The Morgan fingerprint density at radius 3 is 2.46 bits per heavy atom. The van der Waals surface area contributed by atoms with Gasteiger partial charge in [-0.3, -0.25) is 0 Å². The average Bonchev–Trinajstić information content (AvgIpc) is 3.01. The highest BCUT2D eigenvalue weighted by atomic mass is 32.2. The molecule has 0 unspecified atom stereocenters. The highest BCUT2D eigenvalue weighted by Crippen LogP contribution is 2.31. The van der Waals surface area contributed by atoms with Crippen molar-refractivity contribution in [1.29, 1.82) is 0 Å². The van der Waals surface area contributed by atoms with Gasteiger partial charge in [0.1, 0.15) is 11.5 Å². The van der Waals surface area contributed by atoms with Crippen molar-refractivity contribution in [3.8, 4) is 11.5 Å². The molecule has 24 heavy (non-hydrogen) atoms. The summed E-state index contributed by atoms with van der Waals surface area (Å²) in [4.78, 5) is 10.1. The Bertz CT molecular complexity index is 845. The summed E-state index contributed by atoms with van der Waals surface area (Å²) in [5, 5.41) is 0.902. The van der Waals surface area contributed by atoms with Crippen molar-refractivity contribution in [2.75, 3.05) is 33.2 Å². The number of thioether (sulfide) groups is 1. The first-order chi connectivity index (χ1) is 11.6. The number of rotatable bonds is 6. The number of hydrogen-bond acceptors (Lipinski definition) is 5. The molecule has 0 fully saturated rings. The van der Waals surface area contributed by atoms with Crippen LogP contribution in [0.5, 0.6) is 11.5 Å². The van der Waals surface area contributed by atoms with Gasteiger partial charge in [-0.15, -0.1) is 0 Å². The van der Waals surface area contributed by atoms with Gasteiger partial charge in [-0.1, -0.05) is 17.8 Å². The average molecular weight is 343 g/mol. The van der Waals surface area contributed by atoms with Crippen molar-refractivity contribution in [3.05, 3.63) is 42.0 Å². The summed E-state index contributed by atoms with van der Waals surface area (Å²) in [6.45, 7) is 0. The van der Waals surface area contributed by atoms with Crippen LogP contribution in [-0.4, -0.2) is 38.3 Å². The highest BCUT2D eigenvalue weighted by Gasteiger charge is 2.10. The second kappa shape index (κ2) is 7.05. The van der Waals surface area contributed by atoms with E-state index < -0.39 is 0 Å². The number of nitrogens with one attached hydrogen (secondary N) is 1. The molecule has 0 amide bonds. The summed E-state index contributed by atoms with van der Waals surface area (Å²) < 4.78 is 10.6. The summed E-state index contributed by atoms with van der Waals surface area (Å²) in [5.74, 6) is 2.52. The molecule has 6 heteroatoms. The molecular formula is C18H21N3O2S. The quantitative estimate of drug-likeness (QED) is 0.687. The molecule has 0 saturated carbocycles. The van der Waals surface area contributed by atoms with Crippen LogP contribution in [0.4, 0.5) is 5.69 Å². The first kappa shape index (κ1) is 16.5. The maximum atomic E-state index is 5.32. The lowest BCUT2D eigenvalue weighted by Gasteiger charge is -2.18. The molecule has 126 valence electrons. The Kier molecular flexibility index (Phi) is 4.85. The number of H-pyrrole nitrogens is 1. The predicted octanol–water partition coefficient (Wildman–Crippen LogP) is 3.94. The normalized spacial score (nSPS) is 10.8. The first-order valence-electron chi connectivity index (χ1n) is 7.61. The zero-order valence-electron chi connectivity index (χ0n) is 14.3. The molecule has 1 N–H and O–H groups in total. The van der Waals surface area contributed by atoms with E-state index in [-0.39, 0.29) is 0 Å². The Balaban J connectivity index is 1.80. The van der Waals surface area contributed by atoms with Gasteiger partial charge in [-0.25, -0.2) is 4.98 Å². The van der Waals surface area contributed by atoms with Crippen molar-refractivity contribution >= 4 is 28.5 Å². The second-order valence-corrected chi connectivity index (χ2v) is 6.57. The number of benzene rings is 2. The molecule has 1 aromatic heterocycles. The van der Waals surface area contributed by atoms with Crippen LogP contribution in [0.3, 0.4) is 0 Å². The van der Waals surface area contributed by atoms with E-state index >= 15 is 0 Å². The summed E-state index contributed by atoms with van der Waals surface area (Å²) in [6, 6.07) is 12.0. The molecule has 0 saturated heterocycles. The minimum Gasteiger partial charge on any atom is -0.497 e. The fourth-order valence-electron chi connectivity index (χ4n) is 2.52. The summed E-state index contributed by atoms with van der Waals surface area (Å²) in [7, 11) is 7.43. The Morgan fingerprint density at radius 1 is 1.04 bits per heavy atom. The summed E-state index contributed by atoms with van der Waals surface area (Å²) in [6.07, 6.45) is 0. The number of aromatic nitrogens is 2. The number of anilines is 1.